The molecule has 3 aromatic rings. The molecule has 0 saturated carbocycles. The number of hydrogen-bond acceptors (Lipinski definition) is 8. The van der Waals surface area contributed by atoms with Gasteiger partial charge in [-0.2, -0.15) is 4.98 Å². The molecule has 0 amide bonds. The summed E-state index contributed by atoms with van der Waals surface area (Å²) in [6, 6.07) is 8.17. The minimum absolute atomic E-state index is 0.0799. The Morgan fingerprint density at radius 1 is 1.04 bits per heavy atom. The molecule has 8 heteroatoms. The first kappa shape index (κ1) is 15.1. The van der Waals surface area contributed by atoms with E-state index in [1.807, 2.05) is 0 Å². The van der Waals surface area contributed by atoms with Crippen molar-refractivity contribution in [2.75, 3.05) is 21.0 Å². The maximum absolute atomic E-state index is 9.38. The normalized spacial score (nSPS) is 12.2. The molecule has 0 radical (unpaired) electrons. The van der Waals surface area contributed by atoms with Crippen LogP contribution < -0.4 is 18.9 Å². The highest BCUT2D eigenvalue weighted by molar-refractivity contribution is 5.77. The summed E-state index contributed by atoms with van der Waals surface area (Å²) >= 11 is 0. The zero-order chi connectivity index (χ0) is 17.4. The molecule has 1 aromatic heterocycles. The fourth-order valence-corrected chi connectivity index (χ4v) is 2.59. The van der Waals surface area contributed by atoms with E-state index in [2.05, 4.69) is 10.1 Å². The predicted octanol–water partition coefficient (Wildman–Crippen LogP) is 2.86. The number of phenols is 1. The van der Waals surface area contributed by atoms with Crippen LogP contribution in [0.2, 0.25) is 0 Å². The third kappa shape index (κ3) is 2.47. The lowest BCUT2D eigenvalue weighted by atomic mass is 10.1. The highest BCUT2D eigenvalue weighted by Gasteiger charge is 2.29. The van der Waals surface area contributed by atoms with Crippen LogP contribution in [0, 0.1) is 0 Å². The maximum atomic E-state index is 9.38. The lowest BCUT2D eigenvalue weighted by molar-refractivity contribution is 0.168. The van der Waals surface area contributed by atoms with E-state index >= 15 is 0 Å². The molecule has 25 heavy (non-hydrogen) atoms. The summed E-state index contributed by atoms with van der Waals surface area (Å²) in [6.07, 6.45) is 0. The van der Waals surface area contributed by atoms with E-state index < -0.39 is 0 Å². The molecule has 0 saturated heterocycles. The van der Waals surface area contributed by atoms with Crippen molar-refractivity contribution in [2.24, 2.45) is 0 Å². The minimum atomic E-state index is 0.0799. The number of hydrogen-bond donors (Lipinski definition) is 1. The van der Waals surface area contributed by atoms with E-state index in [0.29, 0.717) is 45.8 Å². The van der Waals surface area contributed by atoms with Gasteiger partial charge in [-0.15, -0.1) is 0 Å². The fraction of sp³-hybridized carbons (Fsp3) is 0.176. The van der Waals surface area contributed by atoms with Crippen LogP contribution in [0.5, 0.6) is 28.7 Å². The lowest BCUT2D eigenvalue weighted by Crippen LogP contribution is -1.95. The molecule has 1 aliphatic rings. The Morgan fingerprint density at radius 3 is 2.52 bits per heavy atom. The highest BCUT2D eigenvalue weighted by Crippen LogP contribution is 2.52. The first-order valence-electron chi connectivity index (χ1n) is 7.39. The van der Waals surface area contributed by atoms with Crippen molar-refractivity contribution in [1.82, 2.24) is 10.1 Å². The Hall–Kier alpha value is -3.42. The lowest BCUT2D eigenvalue weighted by Gasteiger charge is -2.11. The van der Waals surface area contributed by atoms with Gasteiger partial charge in [0.05, 0.1) is 19.8 Å². The van der Waals surface area contributed by atoms with Crippen LogP contribution in [0.1, 0.15) is 0 Å². The standard InChI is InChI=1S/C17H14N2O6/c1-21-12-7-11(13(22-2)15-14(12)23-8-24-15)16-18-17(25-19-16)9-3-5-10(20)6-4-9/h3-7,20H,8H2,1-2H3. The summed E-state index contributed by atoms with van der Waals surface area (Å²) in [4.78, 5) is 4.40. The van der Waals surface area contributed by atoms with Gasteiger partial charge in [0, 0.05) is 5.56 Å². The topological polar surface area (TPSA) is 96.1 Å². The summed E-state index contributed by atoms with van der Waals surface area (Å²) in [7, 11) is 3.06. The molecule has 8 nitrogen and oxygen atoms in total. The van der Waals surface area contributed by atoms with Gasteiger partial charge in [-0.25, -0.2) is 0 Å². The number of phenolic OH excluding ortho intramolecular Hbond substituents is 1. The zero-order valence-electron chi connectivity index (χ0n) is 13.5. The number of aromatic nitrogens is 2. The van der Waals surface area contributed by atoms with E-state index in [1.54, 1.807) is 30.3 Å². The smallest absolute Gasteiger partial charge is 0.258 e. The first-order chi connectivity index (χ1) is 12.2. The summed E-state index contributed by atoms with van der Waals surface area (Å²) in [5, 5.41) is 13.4. The molecule has 4 rings (SSSR count). The third-order valence-electron chi connectivity index (χ3n) is 3.77. The van der Waals surface area contributed by atoms with Gasteiger partial charge in [0.15, 0.2) is 11.5 Å². The number of benzene rings is 2. The Morgan fingerprint density at radius 2 is 1.80 bits per heavy atom. The summed E-state index contributed by atoms with van der Waals surface area (Å²) in [5.74, 6) is 2.62. The SMILES string of the molecule is COc1cc(-c2noc(-c3ccc(O)cc3)n2)c(OC)c2c1OCO2. The molecule has 1 N–H and O–H groups in total. The van der Waals surface area contributed by atoms with Crippen molar-refractivity contribution in [3.05, 3.63) is 30.3 Å². The monoisotopic (exact) mass is 342 g/mol. The van der Waals surface area contributed by atoms with Gasteiger partial charge < -0.3 is 28.6 Å². The first-order valence-corrected chi connectivity index (χ1v) is 7.39. The fourth-order valence-electron chi connectivity index (χ4n) is 2.59. The van der Waals surface area contributed by atoms with E-state index in [0.717, 1.165) is 0 Å². The molecular formula is C17H14N2O6. The van der Waals surface area contributed by atoms with Crippen LogP contribution in [0.15, 0.2) is 34.9 Å². The Bertz CT molecular complexity index is 920. The Kier molecular flexibility index (Phi) is 3.57. The van der Waals surface area contributed by atoms with E-state index in [-0.39, 0.29) is 12.5 Å². The van der Waals surface area contributed by atoms with Crippen molar-refractivity contribution < 1.29 is 28.6 Å². The largest absolute Gasteiger partial charge is 0.508 e. The van der Waals surface area contributed by atoms with Crippen molar-refractivity contribution in [2.45, 2.75) is 0 Å². The number of nitrogens with zero attached hydrogens (tertiary/aromatic N) is 2. The van der Waals surface area contributed by atoms with Crippen molar-refractivity contribution in [3.8, 4) is 51.6 Å². The van der Waals surface area contributed by atoms with Gasteiger partial charge in [0.25, 0.3) is 5.89 Å². The van der Waals surface area contributed by atoms with E-state index in [9.17, 15) is 5.11 Å². The molecule has 128 valence electrons. The van der Waals surface area contributed by atoms with Crippen LogP contribution in [0.25, 0.3) is 22.8 Å². The van der Waals surface area contributed by atoms with Crippen LogP contribution in [-0.4, -0.2) is 36.3 Å². The maximum Gasteiger partial charge on any atom is 0.258 e. The van der Waals surface area contributed by atoms with Gasteiger partial charge in [0.1, 0.15) is 5.75 Å². The van der Waals surface area contributed by atoms with Gasteiger partial charge in [-0.05, 0) is 30.3 Å². The second kappa shape index (κ2) is 5.90. The summed E-state index contributed by atoms with van der Waals surface area (Å²) in [5.41, 5.74) is 1.24. The van der Waals surface area contributed by atoms with E-state index in [4.69, 9.17) is 23.5 Å². The molecule has 0 bridgehead atoms. The van der Waals surface area contributed by atoms with E-state index in [1.165, 1.54) is 14.2 Å². The number of fused-ring (bicyclic) bond motifs is 1. The molecule has 0 unspecified atom stereocenters. The molecule has 0 aliphatic carbocycles. The Labute approximate surface area is 142 Å². The van der Waals surface area contributed by atoms with Crippen molar-refractivity contribution in [3.63, 3.8) is 0 Å². The van der Waals surface area contributed by atoms with Crippen LogP contribution in [-0.2, 0) is 0 Å². The molecule has 0 spiro atoms. The number of ether oxygens (including phenoxy) is 4. The summed E-state index contributed by atoms with van der Waals surface area (Å²) < 4.78 is 27.0. The zero-order valence-corrected chi connectivity index (χ0v) is 13.5. The van der Waals surface area contributed by atoms with Gasteiger partial charge in [-0.1, -0.05) is 5.16 Å². The van der Waals surface area contributed by atoms with Gasteiger partial charge in [0.2, 0.25) is 24.1 Å². The molecule has 2 heterocycles. The van der Waals surface area contributed by atoms with Crippen LogP contribution in [0.4, 0.5) is 0 Å². The average molecular weight is 342 g/mol. The van der Waals surface area contributed by atoms with Crippen molar-refractivity contribution in [1.29, 1.82) is 0 Å². The molecule has 0 atom stereocenters. The highest BCUT2D eigenvalue weighted by atomic mass is 16.7. The minimum Gasteiger partial charge on any atom is -0.508 e. The summed E-state index contributed by atoms with van der Waals surface area (Å²) in [6.45, 7) is 0.0799. The number of methoxy groups -OCH3 is 2. The predicted molar refractivity (Wildman–Crippen MR) is 86.1 cm³/mol. The average Bonchev–Trinajstić information content (AvgIpc) is 3.30. The number of rotatable bonds is 4. The molecule has 1 aliphatic heterocycles. The molecule has 2 aromatic carbocycles. The second-order valence-corrected chi connectivity index (χ2v) is 5.19. The third-order valence-corrected chi connectivity index (χ3v) is 3.77. The molecule has 0 fully saturated rings. The second-order valence-electron chi connectivity index (χ2n) is 5.19. The Balaban J connectivity index is 1.81. The number of aromatic hydroxyl groups is 1. The quantitative estimate of drug-likeness (QED) is 0.773. The van der Waals surface area contributed by atoms with Gasteiger partial charge in [-0.3, -0.25) is 0 Å². The van der Waals surface area contributed by atoms with Crippen LogP contribution >= 0.6 is 0 Å². The van der Waals surface area contributed by atoms with Crippen molar-refractivity contribution >= 4 is 0 Å². The molecular weight excluding hydrogens is 328 g/mol. The van der Waals surface area contributed by atoms with Gasteiger partial charge >= 0.3 is 0 Å². The van der Waals surface area contributed by atoms with Crippen LogP contribution in [0.3, 0.4) is 0 Å².